The van der Waals surface area contributed by atoms with E-state index in [2.05, 4.69) is 5.32 Å². The second-order valence-corrected chi connectivity index (χ2v) is 4.53. The number of amides is 1. The first-order valence-corrected chi connectivity index (χ1v) is 6.09. The number of nitrogens with one attached hydrogen (secondary N) is 1. The number of halogens is 1. The molecule has 0 saturated carbocycles. The average Bonchev–Trinajstić information content (AvgIpc) is 2.41. The van der Waals surface area contributed by atoms with Crippen LogP contribution in [0.2, 0.25) is 0 Å². The van der Waals surface area contributed by atoms with Crippen LogP contribution in [0, 0.1) is 12.7 Å². The normalized spacial score (nSPS) is 10.2. The van der Waals surface area contributed by atoms with Crippen LogP contribution in [0.5, 0.6) is 0 Å². The average molecular weight is 288 g/mol. The molecule has 1 amide bonds. The lowest BCUT2D eigenvalue weighted by Crippen LogP contribution is -2.13. The first kappa shape index (κ1) is 14.5. The fraction of sp³-hybridized carbons (Fsp3) is 0.0667. The summed E-state index contributed by atoms with van der Waals surface area (Å²) in [7, 11) is 0. The number of carbonyl (C=O) groups excluding carboxylic acids is 1. The van der Waals surface area contributed by atoms with Gasteiger partial charge in [0, 0.05) is 11.3 Å². The van der Waals surface area contributed by atoms with Crippen molar-refractivity contribution in [3.8, 4) is 0 Å². The van der Waals surface area contributed by atoms with Gasteiger partial charge in [-0.1, -0.05) is 0 Å². The molecule has 0 saturated heterocycles. The molecule has 5 nitrogen and oxygen atoms in total. The maximum Gasteiger partial charge on any atom is 0.335 e. The van der Waals surface area contributed by atoms with Gasteiger partial charge in [-0.25, -0.2) is 9.18 Å². The molecule has 2 aromatic rings. The van der Waals surface area contributed by atoms with E-state index in [0.29, 0.717) is 11.3 Å². The van der Waals surface area contributed by atoms with Gasteiger partial charge in [0.05, 0.1) is 11.3 Å². The highest BCUT2D eigenvalue weighted by Crippen LogP contribution is 2.17. The maximum absolute atomic E-state index is 13.3. The number of carboxylic acids is 1. The van der Waals surface area contributed by atoms with Gasteiger partial charge in [-0.3, -0.25) is 4.79 Å². The highest BCUT2D eigenvalue weighted by Gasteiger charge is 2.11. The van der Waals surface area contributed by atoms with E-state index in [1.54, 1.807) is 6.92 Å². The third-order valence-corrected chi connectivity index (χ3v) is 2.98. The predicted octanol–water partition coefficient (Wildman–Crippen LogP) is 2.67. The highest BCUT2D eigenvalue weighted by atomic mass is 19.1. The molecule has 0 fully saturated rings. The minimum atomic E-state index is -1.04. The van der Waals surface area contributed by atoms with Crippen molar-refractivity contribution in [2.75, 3.05) is 11.1 Å². The van der Waals surface area contributed by atoms with Crippen LogP contribution in [0.15, 0.2) is 36.4 Å². The molecule has 0 aliphatic heterocycles. The SMILES string of the molecule is Cc1cc(NC(=O)c2ccc(N)c(F)c2)ccc1C(=O)O. The van der Waals surface area contributed by atoms with Gasteiger partial charge in [-0.05, 0) is 48.9 Å². The molecule has 0 unspecified atom stereocenters. The smallest absolute Gasteiger partial charge is 0.335 e. The van der Waals surface area contributed by atoms with Crippen molar-refractivity contribution in [1.29, 1.82) is 0 Å². The zero-order valence-corrected chi connectivity index (χ0v) is 11.2. The molecular formula is C15H13FN2O3. The number of hydrogen-bond donors (Lipinski definition) is 3. The van der Waals surface area contributed by atoms with Crippen LogP contribution in [-0.4, -0.2) is 17.0 Å². The van der Waals surface area contributed by atoms with E-state index in [4.69, 9.17) is 10.8 Å². The Morgan fingerprint density at radius 1 is 1.19 bits per heavy atom. The Labute approximate surface area is 120 Å². The van der Waals surface area contributed by atoms with Crippen molar-refractivity contribution in [2.45, 2.75) is 6.92 Å². The quantitative estimate of drug-likeness (QED) is 0.757. The summed E-state index contributed by atoms with van der Waals surface area (Å²) in [5, 5.41) is 11.5. The number of anilines is 2. The summed E-state index contributed by atoms with van der Waals surface area (Å²) in [6.45, 7) is 1.63. The summed E-state index contributed by atoms with van der Waals surface area (Å²) in [5.41, 5.74) is 6.54. The first-order valence-electron chi connectivity index (χ1n) is 6.09. The summed E-state index contributed by atoms with van der Waals surface area (Å²) >= 11 is 0. The lowest BCUT2D eigenvalue weighted by atomic mass is 10.1. The number of hydrogen-bond acceptors (Lipinski definition) is 3. The summed E-state index contributed by atoms with van der Waals surface area (Å²) < 4.78 is 13.3. The zero-order chi connectivity index (χ0) is 15.6. The van der Waals surface area contributed by atoms with E-state index >= 15 is 0 Å². The minimum absolute atomic E-state index is 0.0341. The van der Waals surface area contributed by atoms with Gasteiger partial charge in [0.2, 0.25) is 0 Å². The van der Waals surface area contributed by atoms with E-state index in [-0.39, 0.29) is 16.8 Å². The third kappa shape index (κ3) is 3.17. The fourth-order valence-electron chi connectivity index (χ4n) is 1.85. The monoisotopic (exact) mass is 288 g/mol. The summed E-state index contributed by atoms with van der Waals surface area (Å²) in [6, 6.07) is 8.17. The van der Waals surface area contributed by atoms with Gasteiger partial charge in [-0.15, -0.1) is 0 Å². The molecule has 0 aliphatic carbocycles. The molecule has 0 radical (unpaired) electrons. The molecule has 4 N–H and O–H groups in total. The Morgan fingerprint density at radius 2 is 1.90 bits per heavy atom. The summed E-state index contributed by atoms with van der Waals surface area (Å²) in [5.74, 6) is -2.21. The third-order valence-electron chi connectivity index (χ3n) is 2.98. The predicted molar refractivity (Wildman–Crippen MR) is 76.9 cm³/mol. The second-order valence-electron chi connectivity index (χ2n) is 4.53. The van der Waals surface area contributed by atoms with Crippen molar-refractivity contribution in [2.24, 2.45) is 0 Å². The van der Waals surface area contributed by atoms with Crippen LogP contribution >= 0.6 is 0 Å². The Kier molecular flexibility index (Phi) is 3.89. The zero-order valence-electron chi connectivity index (χ0n) is 11.2. The largest absolute Gasteiger partial charge is 0.478 e. The van der Waals surface area contributed by atoms with E-state index in [9.17, 15) is 14.0 Å². The number of aryl methyl sites for hydroxylation is 1. The summed E-state index contributed by atoms with van der Waals surface area (Å²) in [6.07, 6.45) is 0. The van der Waals surface area contributed by atoms with E-state index < -0.39 is 17.7 Å². The fourth-order valence-corrected chi connectivity index (χ4v) is 1.85. The Bertz CT molecular complexity index is 729. The minimum Gasteiger partial charge on any atom is -0.478 e. The van der Waals surface area contributed by atoms with Crippen molar-refractivity contribution >= 4 is 23.3 Å². The molecule has 0 atom stereocenters. The van der Waals surface area contributed by atoms with Crippen molar-refractivity contribution in [3.05, 3.63) is 58.9 Å². The number of rotatable bonds is 3. The van der Waals surface area contributed by atoms with Crippen molar-refractivity contribution in [1.82, 2.24) is 0 Å². The molecule has 6 heteroatoms. The number of nitrogens with two attached hydrogens (primary N) is 1. The van der Waals surface area contributed by atoms with Crippen LogP contribution in [0.4, 0.5) is 15.8 Å². The van der Waals surface area contributed by atoms with Gasteiger partial charge >= 0.3 is 5.97 Å². The lowest BCUT2D eigenvalue weighted by molar-refractivity contribution is 0.0696. The molecule has 108 valence electrons. The summed E-state index contributed by atoms with van der Waals surface area (Å²) in [4.78, 5) is 22.9. The van der Waals surface area contributed by atoms with Crippen molar-refractivity contribution in [3.63, 3.8) is 0 Å². The van der Waals surface area contributed by atoms with Gasteiger partial charge in [0.1, 0.15) is 5.82 Å². The lowest BCUT2D eigenvalue weighted by Gasteiger charge is -2.08. The van der Waals surface area contributed by atoms with E-state index in [1.165, 1.54) is 30.3 Å². The van der Waals surface area contributed by atoms with Crippen LogP contribution in [0.25, 0.3) is 0 Å². The van der Waals surface area contributed by atoms with E-state index in [0.717, 1.165) is 6.07 Å². The standard InChI is InChI=1S/C15H13FN2O3/c1-8-6-10(3-4-11(8)15(20)21)18-14(19)9-2-5-13(17)12(16)7-9/h2-7H,17H2,1H3,(H,18,19)(H,20,21). The molecule has 2 rings (SSSR count). The Balaban J connectivity index is 2.21. The second kappa shape index (κ2) is 5.62. The van der Waals surface area contributed by atoms with Gasteiger partial charge in [0.25, 0.3) is 5.91 Å². The number of aromatic carboxylic acids is 1. The molecule has 2 aromatic carbocycles. The van der Waals surface area contributed by atoms with Crippen LogP contribution < -0.4 is 11.1 Å². The number of benzene rings is 2. The first-order chi connectivity index (χ1) is 9.88. The molecule has 0 spiro atoms. The maximum atomic E-state index is 13.3. The number of carboxylic acid groups (broad SMARTS) is 1. The van der Waals surface area contributed by atoms with Crippen LogP contribution in [0.3, 0.4) is 0 Å². The molecule has 0 bridgehead atoms. The molecule has 0 aliphatic rings. The molecular weight excluding hydrogens is 275 g/mol. The van der Waals surface area contributed by atoms with Crippen LogP contribution in [-0.2, 0) is 0 Å². The topological polar surface area (TPSA) is 92.4 Å². The van der Waals surface area contributed by atoms with Crippen molar-refractivity contribution < 1.29 is 19.1 Å². The van der Waals surface area contributed by atoms with E-state index in [1.807, 2.05) is 0 Å². The Hall–Kier alpha value is -2.89. The number of carbonyl (C=O) groups is 2. The number of nitrogen functional groups attached to an aromatic ring is 1. The molecule has 0 heterocycles. The van der Waals surface area contributed by atoms with Crippen LogP contribution in [0.1, 0.15) is 26.3 Å². The Morgan fingerprint density at radius 3 is 2.48 bits per heavy atom. The van der Waals surface area contributed by atoms with Gasteiger partial charge < -0.3 is 16.2 Å². The highest BCUT2D eigenvalue weighted by molar-refractivity contribution is 6.04. The van der Waals surface area contributed by atoms with Gasteiger partial charge in [0.15, 0.2) is 0 Å². The van der Waals surface area contributed by atoms with Gasteiger partial charge in [-0.2, -0.15) is 0 Å². The molecule has 0 aromatic heterocycles. The molecule has 21 heavy (non-hydrogen) atoms.